The Morgan fingerprint density at radius 3 is 2.12 bits per heavy atom. The first kappa shape index (κ1) is 18.2. The van der Waals surface area contributed by atoms with Crippen molar-refractivity contribution in [1.29, 1.82) is 0 Å². The van der Waals surface area contributed by atoms with E-state index in [-0.39, 0.29) is 16.6 Å². The van der Waals surface area contributed by atoms with Gasteiger partial charge >= 0.3 is 0 Å². The van der Waals surface area contributed by atoms with Crippen LogP contribution in [-0.4, -0.2) is 15.2 Å². The van der Waals surface area contributed by atoms with Crippen LogP contribution in [0.2, 0.25) is 0 Å². The lowest BCUT2D eigenvalue weighted by Gasteiger charge is -2.27. The third-order valence-electron chi connectivity index (χ3n) is 4.47. The number of benzene rings is 2. The van der Waals surface area contributed by atoms with Crippen molar-refractivity contribution in [3.05, 3.63) is 53.6 Å². The van der Waals surface area contributed by atoms with Crippen LogP contribution in [-0.2, 0) is 10.8 Å². The summed E-state index contributed by atoms with van der Waals surface area (Å²) < 4.78 is 5.44. The van der Waals surface area contributed by atoms with Gasteiger partial charge < -0.3 is 9.63 Å². The highest BCUT2D eigenvalue weighted by atomic mass is 16.5. The third kappa shape index (κ3) is 3.50. The van der Waals surface area contributed by atoms with Crippen LogP contribution in [0.3, 0.4) is 0 Å². The second-order valence-electron chi connectivity index (χ2n) is 8.71. The normalized spacial score (nSPS) is 12.4. The van der Waals surface area contributed by atoms with Gasteiger partial charge in [-0.1, -0.05) is 71.0 Å². The highest BCUT2D eigenvalue weighted by Crippen LogP contribution is 2.41. The molecular weight excluding hydrogens is 324 g/mol. The van der Waals surface area contributed by atoms with Crippen molar-refractivity contribution in [3.8, 4) is 28.6 Å². The largest absolute Gasteiger partial charge is 0.507 e. The summed E-state index contributed by atoms with van der Waals surface area (Å²) >= 11 is 0. The second kappa shape index (κ2) is 6.27. The minimum Gasteiger partial charge on any atom is -0.507 e. The molecule has 0 fully saturated rings. The number of aromatic nitrogens is 2. The van der Waals surface area contributed by atoms with Crippen LogP contribution in [0, 0.1) is 0 Å². The zero-order chi connectivity index (χ0) is 19.1. The van der Waals surface area contributed by atoms with E-state index < -0.39 is 0 Å². The molecule has 0 bridgehead atoms. The molecule has 0 amide bonds. The third-order valence-corrected chi connectivity index (χ3v) is 4.47. The van der Waals surface area contributed by atoms with Crippen molar-refractivity contribution in [3.63, 3.8) is 0 Å². The number of nitrogens with zero attached hydrogens (tertiary/aromatic N) is 2. The lowest BCUT2D eigenvalue weighted by molar-refractivity contribution is 0.428. The average molecular weight is 350 g/mol. The average Bonchev–Trinajstić information content (AvgIpc) is 3.03. The Bertz CT molecular complexity index is 914. The summed E-state index contributed by atoms with van der Waals surface area (Å²) in [6.07, 6.45) is 0. The monoisotopic (exact) mass is 350 g/mol. The molecule has 4 nitrogen and oxygen atoms in total. The van der Waals surface area contributed by atoms with Gasteiger partial charge in [0.2, 0.25) is 5.82 Å². The van der Waals surface area contributed by atoms with E-state index in [0.717, 1.165) is 16.7 Å². The van der Waals surface area contributed by atoms with Gasteiger partial charge in [0.25, 0.3) is 5.89 Å². The number of phenolic OH excluding ortho intramolecular Hbond substituents is 1. The SMILES string of the molecule is CC(C)(C)c1cc(-c2noc(-c3ccccc3)n2)c(O)c(C(C)(C)C)c1. The van der Waals surface area contributed by atoms with Crippen molar-refractivity contribution in [2.24, 2.45) is 0 Å². The van der Waals surface area contributed by atoms with Crippen molar-refractivity contribution in [2.45, 2.75) is 52.4 Å². The van der Waals surface area contributed by atoms with Crippen LogP contribution in [0.1, 0.15) is 52.7 Å². The Hall–Kier alpha value is -2.62. The Morgan fingerprint density at radius 2 is 1.54 bits per heavy atom. The molecule has 0 spiro atoms. The van der Waals surface area contributed by atoms with E-state index >= 15 is 0 Å². The molecule has 0 atom stereocenters. The van der Waals surface area contributed by atoms with Crippen LogP contribution in [0.4, 0.5) is 0 Å². The molecule has 0 aliphatic carbocycles. The highest BCUT2D eigenvalue weighted by Gasteiger charge is 2.27. The Morgan fingerprint density at radius 1 is 0.885 bits per heavy atom. The quantitative estimate of drug-likeness (QED) is 0.643. The van der Waals surface area contributed by atoms with E-state index in [1.165, 1.54) is 0 Å². The molecule has 0 radical (unpaired) electrons. The van der Waals surface area contributed by atoms with E-state index in [9.17, 15) is 5.11 Å². The van der Waals surface area contributed by atoms with Gasteiger partial charge in [-0.2, -0.15) is 4.98 Å². The second-order valence-corrected chi connectivity index (χ2v) is 8.71. The summed E-state index contributed by atoms with van der Waals surface area (Å²) in [6, 6.07) is 13.7. The molecule has 26 heavy (non-hydrogen) atoms. The Balaban J connectivity index is 2.17. The fraction of sp³-hybridized carbons (Fsp3) is 0.364. The number of hydrogen-bond acceptors (Lipinski definition) is 4. The van der Waals surface area contributed by atoms with Gasteiger partial charge in [0.15, 0.2) is 0 Å². The predicted octanol–water partition coefficient (Wildman–Crippen LogP) is 5.70. The molecule has 4 heteroatoms. The number of phenols is 1. The van der Waals surface area contributed by atoms with Crippen LogP contribution >= 0.6 is 0 Å². The first-order chi connectivity index (χ1) is 12.1. The van der Waals surface area contributed by atoms with Gasteiger partial charge in [-0.05, 0) is 34.6 Å². The summed E-state index contributed by atoms with van der Waals surface area (Å²) in [7, 11) is 0. The molecule has 1 heterocycles. The van der Waals surface area contributed by atoms with Gasteiger partial charge in [-0.3, -0.25) is 0 Å². The first-order valence-corrected chi connectivity index (χ1v) is 8.85. The summed E-state index contributed by atoms with van der Waals surface area (Å²) in [5.41, 5.74) is 3.20. The van der Waals surface area contributed by atoms with Crippen LogP contribution in [0.15, 0.2) is 47.0 Å². The van der Waals surface area contributed by atoms with Gasteiger partial charge in [0.1, 0.15) is 5.75 Å². The zero-order valence-electron chi connectivity index (χ0n) is 16.3. The van der Waals surface area contributed by atoms with Crippen molar-refractivity contribution < 1.29 is 9.63 Å². The lowest BCUT2D eigenvalue weighted by atomic mass is 9.79. The maximum Gasteiger partial charge on any atom is 0.258 e. The number of aromatic hydroxyl groups is 1. The van der Waals surface area contributed by atoms with Gasteiger partial charge in [0.05, 0.1) is 5.56 Å². The summed E-state index contributed by atoms with van der Waals surface area (Å²) in [5, 5.41) is 15.1. The standard InChI is InChI=1S/C22H26N2O2/c1-21(2,3)15-12-16(18(25)17(13-15)22(4,5)6)19-23-20(26-24-19)14-10-8-7-9-11-14/h7-13,25H,1-6H3. The maximum atomic E-state index is 10.9. The highest BCUT2D eigenvalue weighted by molar-refractivity contribution is 5.70. The molecule has 2 aromatic carbocycles. The minimum absolute atomic E-state index is 0.0611. The molecular formula is C22H26N2O2. The smallest absolute Gasteiger partial charge is 0.258 e. The maximum absolute atomic E-state index is 10.9. The first-order valence-electron chi connectivity index (χ1n) is 8.85. The van der Waals surface area contributed by atoms with Crippen LogP contribution < -0.4 is 0 Å². The van der Waals surface area contributed by atoms with Gasteiger partial charge in [-0.15, -0.1) is 0 Å². The van der Waals surface area contributed by atoms with E-state index in [4.69, 9.17) is 4.52 Å². The van der Waals surface area contributed by atoms with Gasteiger partial charge in [0, 0.05) is 11.1 Å². The molecule has 3 rings (SSSR count). The lowest BCUT2D eigenvalue weighted by Crippen LogP contribution is -2.17. The number of hydrogen-bond donors (Lipinski definition) is 1. The molecule has 0 aliphatic rings. The van der Waals surface area contributed by atoms with Crippen molar-refractivity contribution in [1.82, 2.24) is 10.1 Å². The molecule has 0 unspecified atom stereocenters. The topological polar surface area (TPSA) is 59.2 Å². The molecule has 0 saturated carbocycles. The summed E-state index contributed by atoms with van der Waals surface area (Å²) in [4.78, 5) is 4.52. The Kier molecular flexibility index (Phi) is 4.39. The van der Waals surface area contributed by atoms with Gasteiger partial charge in [-0.25, -0.2) is 0 Å². The van der Waals surface area contributed by atoms with Crippen molar-refractivity contribution in [2.75, 3.05) is 0 Å². The fourth-order valence-electron chi connectivity index (χ4n) is 2.84. The summed E-state index contributed by atoms with van der Waals surface area (Å²) in [5.74, 6) is 1.06. The van der Waals surface area contributed by atoms with E-state index in [0.29, 0.717) is 17.3 Å². The molecule has 136 valence electrons. The summed E-state index contributed by atoms with van der Waals surface area (Å²) in [6.45, 7) is 12.7. The van der Waals surface area contributed by atoms with Crippen LogP contribution in [0.25, 0.3) is 22.8 Å². The predicted molar refractivity (Wildman–Crippen MR) is 104 cm³/mol. The number of rotatable bonds is 2. The molecule has 3 aromatic rings. The molecule has 1 aromatic heterocycles. The van der Waals surface area contributed by atoms with Crippen molar-refractivity contribution >= 4 is 0 Å². The van der Waals surface area contributed by atoms with Crippen LogP contribution in [0.5, 0.6) is 5.75 Å². The minimum atomic E-state index is -0.202. The molecule has 0 aliphatic heterocycles. The van der Waals surface area contributed by atoms with E-state index in [2.05, 4.69) is 57.7 Å². The Labute approximate surface area is 154 Å². The van der Waals surface area contributed by atoms with E-state index in [1.807, 2.05) is 36.4 Å². The van der Waals surface area contributed by atoms with E-state index in [1.54, 1.807) is 0 Å². The fourth-order valence-corrected chi connectivity index (χ4v) is 2.84. The molecule has 1 N–H and O–H groups in total. The zero-order valence-corrected chi connectivity index (χ0v) is 16.3. The molecule has 0 saturated heterocycles.